The third kappa shape index (κ3) is 4.51. The van der Waals surface area contributed by atoms with Gasteiger partial charge in [0.05, 0.1) is 13.2 Å². The number of carbonyl (C=O) groups is 3. The highest BCUT2D eigenvalue weighted by Gasteiger charge is 2.39. The number of nitrogens with zero attached hydrogens (tertiary/aromatic N) is 2. The van der Waals surface area contributed by atoms with Crippen molar-refractivity contribution in [2.75, 3.05) is 32.8 Å². The van der Waals surface area contributed by atoms with Gasteiger partial charge in [-0.15, -0.1) is 0 Å². The summed E-state index contributed by atoms with van der Waals surface area (Å²) < 4.78 is 5.39. The summed E-state index contributed by atoms with van der Waals surface area (Å²) in [4.78, 5) is 40.6. The van der Waals surface area contributed by atoms with Crippen LogP contribution in [0.15, 0.2) is 18.2 Å². The molecule has 156 valence electrons. The van der Waals surface area contributed by atoms with Crippen molar-refractivity contribution in [3.05, 3.63) is 34.9 Å². The minimum atomic E-state index is -0.547. The van der Waals surface area contributed by atoms with E-state index in [0.29, 0.717) is 18.5 Å². The average Bonchev–Trinajstić information content (AvgIpc) is 3.06. The van der Waals surface area contributed by atoms with Crippen LogP contribution in [0.3, 0.4) is 0 Å². The van der Waals surface area contributed by atoms with Gasteiger partial charge in [-0.25, -0.2) is 0 Å². The van der Waals surface area contributed by atoms with Gasteiger partial charge in [0.15, 0.2) is 0 Å². The van der Waals surface area contributed by atoms with Gasteiger partial charge in [-0.05, 0) is 49.4 Å². The molecule has 1 aromatic carbocycles. The summed E-state index contributed by atoms with van der Waals surface area (Å²) in [5.41, 5.74) is 2.97. The van der Waals surface area contributed by atoms with Gasteiger partial charge in [0, 0.05) is 31.6 Å². The summed E-state index contributed by atoms with van der Waals surface area (Å²) in [5, 5.41) is 2.36. The molecule has 3 aliphatic rings. The van der Waals surface area contributed by atoms with E-state index in [4.69, 9.17) is 4.74 Å². The summed E-state index contributed by atoms with van der Waals surface area (Å²) in [6, 6.07) is 5.34. The third-order valence-corrected chi connectivity index (χ3v) is 6.20. The number of benzene rings is 1. The van der Waals surface area contributed by atoms with Gasteiger partial charge in [-0.2, -0.15) is 0 Å². The molecule has 1 aromatic rings. The van der Waals surface area contributed by atoms with Crippen LogP contribution < -0.4 is 5.32 Å². The number of nitrogens with one attached hydrogen (secondary N) is 1. The summed E-state index contributed by atoms with van der Waals surface area (Å²) >= 11 is 0. The van der Waals surface area contributed by atoms with Gasteiger partial charge in [-0.1, -0.05) is 18.6 Å². The summed E-state index contributed by atoms with van der Waals surface area (Å²) in [6.45, 7) is 5.33. The molecule has 2 saturated heterocycles. The first-order chi connectivity index (χ1) is 14.1. The first kappa shape index (κ1) is 20.0. The van der Waals surface area contributed by atoms with E-state index in [0.717, 1.165) is 57.7 Å². The van der Waals surface area contributed by atoms with Gasteiger partial charge < -0.3 is 9.64 Å². The van der Waals surface area contributed by atoms with Crippen molar-refractivity contribution < 1.29 is 19.1 Å². The maximum Gasteiger partial charge on any atom is 0.255 e. The van der Waals surface area contributed by atoms with E-state index in [1.54, 1.807) is 4.90 Å². The molecule has 7 heteroatoms. The van der Waals surface area contributed by atoms with Gasteiger partial charge in [0.25, 0.3) is 5.91 Å². The Hall–Kier alpha value is -2.25. The predicted octanol–water partition coefficient (Wildman–Crippen LogP) is 1.49. The number of ether oxygens (including phenoxy) is 1. The number of imide groups is 1. The first-order valence-corrected chi connectivity index (χ1v) is 10.7. The van der Waals surface area contributed by atoms with Crippen LogP contribution >= 0.6 is 0 Å². The minimum Gasteiger partial charge on any atom is -0.379 e. The molecule has 0 spiro atoms. The smallest absolute Gasteiger partial charge is 0.255 e. The Labute approximate surface area is 171 Å². The van der Waals surface area contributed by atoms with E-state index in [-0.39, 0.29) is 24.1 Å². The van der Waals surface area contributed by atoms with E-state index < -0.39 is 6.04 Å². The molecule has 1 N–H and O–H groups in total. The van der Waals surface area contributed by atoms with Crippen molar-refractivity contribution in [2.45, 2.75) is 51.1 Å². The van der Waals surface area contributed by atoms with E-state index in [1.165, 1.54) is 12.0 Å². The zero-order chi connectivity index (χ0) is 20.2. The lowest BCUT2D eigenvalue weighted by Crippen LogP contribution is -2.52. The van der Waals surface area contributed by atoms with Crippen molar-refractivity contribution in [1.82, 2.24) is 15.1 Å². The molecule has 2 fully saturated rings. The number of hydrogen-bond donors (Lipinski definition) is 1. The zero-order valence-electron chi connectivity index (χ0n) is 16.8. The van der Waals surface area contributed by atoms with Crippen LogP contribution in [0.4, 0.5) is 0 Å². The number of unbranched alkanes of at least 4 members (excludes halogenated alkanes) is 2. The molecule has 4 rings (SSSR count). The molecular formula is C22H29N3O4. The summed E-state index contributed by atoms with van der Waals surface area (Å²) in [5.74, 6) is -0.705. The third-order valence-electron chi connectivity index (χ3n) is 6.20. The van der Waals surface area contributed by atoms with E-state index in [9.17, 15) is 14.4 Å². The second kappa shape index (κ2) is 9.05. The fraction of sp³-hybridized carbons (Fsp3) is 0.591. The fourth-order valence-corrected chi connectivity index (χ4v) is 4.54. The highest BCUT2D eigenvalue weighted by Crippen LogP contribution is 2.30. The van der Waals surface area contributed by atoms with Crippen molar-refractivity contribution in [2.24, 2.45) is 0 Å². The van der Waals surface area contributed by atoms with Crippen molar-refractivity contribution >= 4 is 17.7 Å². The minimum absolute atomic E-state index is 0.0938. The van der Waals surface area contributed by atoms with Crippen molar-refractivity contribution in [3.8, 4) is 0 Å². The summed E-state index contributed by atoms with van der Waals surface area (Å²) in [6.07, 6.45) is 5.06. The molecule has 1 atom stereocenters. The normalized spacial score (nSPS) is 22.7. The molecule has 3 amide bonds. The lowest BCUT2D eigenvalue weighted by atomic mass is 9.98. The van der Waals surface area contributed by atoms with Crippen LogP contribution in [0.1, 0.15) is 53.6 Å². The molecule has 0 bridgehead atoms. The molecule has 1 unspecified atom stereocenters. The Morgan fingerprint density at radius 1 is 1.07 bits per heavy atom. The zero-order valence-corrected chi connectivity index (χ0v) is 16.8. The molecular weight excluding hydrogens is 370 g/mol. The van der Waals surface area contributed by atoms with Crippen LogP contribution in [0.25, 0.3) is 0 Å². The van der Waals surface area contributed by atoms with Gasteiger partial charge in [0.1, 0.15) is 6.04 Å². The Morgan fingerprint density at radius 3 is 2.69 bits per heavy atom. The molecule has 3 aliphatic heterocycles. The molecule has 0 aliphatic carbocycles. The second-order valence-corrected chi connectivity index (χ2v) is 8.11. The maximum absolute atomic E-state index is 12.9. The summed E-state index contributed by atoms with van der Waals surface area (Å²) in [7, 11) is 0. The van der Waals surface area contributed by atoms with Crippen LogP contribution in [0, 0.1) is 0 Å². The van der Waals surface area contributed by atoms with Crippen molar-refractivity contribution in [1.29, 1.82) is 0 Å². The Morgan fingerprint density at radius 2 is 1.90 bits per heavy atom. The SMILES string of the molecule is O=C1CCC(N2Cc3c(CCCCCN4CCOCC4)cccc3C2=O)C(=O)N1. The molecule has 29 heavy (non-hydrogen) atoms. The number of carbonyl (C=O) groups excluding carboxylic acids is 3. The largest absolute Gasteiger partial charge is 0.379 e. The number of amides is 3. The molecule has 7 nitrogen and oxygen atoms in total. The number of aryl methyl sites for hydroxylation is 1. The molecule has 3 heterocycles. The van der Waals surface area contributed by atoms with Crippen LogP contribution in [0.2, 0.25) is 0 Å². The average molecular weight is 399 g/mol. The standard InChI is InChI=1S/C22H29N3O4/c26-20-9-8-19(21(27)23-20)25-15-18-16(6-4-7-17(18)22(25)28)5-2-1-3-10-24-11-13-29-14-12-24/h4,6-7,19H,1-3,5,8-15H2,(H,23,26,27). The van der Waals surface area contributed by atoms with Crippen LogP contribution in [-0.2, 0) is 27.3 Å². The maximum atomic E-state index is 12.9. The second-order valence-electron chi connectivity index (χ2n) is 8.11. The van der Waals surface area contributed by atoms with Crippen molar-refractivity contribution in [3.63, 3.8) is 0 Å². The lowest BCUT2D eigenvalue weighted by molar-refractivity contribution is -0.136. The van der Waals surface area contributed by atoms with Crippen LogP contribution in [-0.4, -0.2) is 66.4 Å². The Bertz CT molecular complexity index is 788. The number of fused-ring (bicyclic) bond motifs is 1. The quantitative estimate of drug-likeness (QED) is 0.555. The Kier molecular flexibility index (Phi) is 6.25. The predicted molar refractivity (Wildman–Crippen MR) is 107 cm³/mol. The van der Waals surface area contributed by atoms with Gasteiger partial charge in [-0.3, -0.25) is 24.6 Å². The number of morpholine rings is 1. The van der Waals surface area contributed by atoms with Gasteiger partial charge in [0.2, 0.25) is 11.8 Å². The topological polar surface area (TPSA) is 79.0 Å². The Balaban J connectivity index is 1.32. The molecule has 0 radical (unpaired) electrons. The van der Waals surface area contributed by atoms with E-state index >= 15 is 0 Å². The number of rotatable bonds is 7. The number of piperidine rings is 1. The van der Waals surface area contributed by atoms with E-state index in [2.05, 4.69) is 16.3 Å². The fourth-order valence-electron chi connectivity index (χ4n) is 4.54. The lowest BCUT2D eigenvalue weighted by Gasteiger charge is -2.29. The monoisotopic (exact) mass is 399 g/mol. The molecule has 0 saturated carbocycles. The van der Waals surface area contributed by atoms with Gasteiger partial charge >= 0.3 is 0 Å². The van der Waals surface area contributed by atoms with Crippen LogP contribution in [0.5, 0.6) is 0 Å². The number of hydrogen-bond acceptors (Lipinski definition) is 5. The molecule has 0 aromatic heterocycles. The highest BCUT2D eigenvalue weighted by atomic mass is 16.5. The van der Waals surface area contributed by atoms with E-state index in [1.807, 2.05) is 12.1 Å². The highest BCUT2D eigenvalue weighted by molar-refractivity contribution is 6.05. The first-order valence-electron chi connectivity index (χ1n) is 10.7.